The Bertz CT molecular complexity index is 985. The Morgan fingerprint density at radius 3 is 1.26 bits per heavy atom. The molecule has 1 fully saturated rings. The van der Waals surface area contributed by atoms with Crippen molar-refractivity contribution in [3.63, 3.8) is 0 Å². The summed E-state index contributed by atoms with van der Waals surface area (Å²) in [5.41, 5.74) is 0.869. The lowest BCUT2D eigenvalue weighted by atomic mass is 9.81. The molecule has 208 valence electrons. The molecule has 1 aliphatic carbocycles. The van der Waals surface area contributed by atoms with Crippen molar-refractivity contribution in [1.29, 1.82) is 0 Å². The lowest BCUT2D eigenvalue weighted by Crippen LogP contribution is -2.35. The molecule has 1 saturated carbocycles. The van der Waals surface area contributed by atoms with E-state index in [2.05, 4.69) is 10.6 Å². The largest absolute Gasteiger partial charge is 0.493 e. The first-order chi connectivity index (χ1) is 18.4. The highest BCUT2D eigenvalue weighted by molar-refractivity contribution is 5.96. The Balaban J connectivity index is 1.56. The summed E-state index contributed by atoms with van der Waals surface area (Å²) in [6.07, 6.45) is 3.99. The summed E-state index contributed by atoms with van der Waals surface area (Å²) in [5, 5.41) is 6.08. The summed E-state index contributed by atoms with van der Waals surface area (Å²) < 4.78 is 32.1. The van der Waals surface area contributed by atoms with E-state index >= 15 is 0 Å². The van der Waals surface area contributed by atoms with Gasteiger partial charge in [0.15, 0.2) is 23.0 Å². The maximum absolute atomic E-state index is 12.9. The van der Waals surface area contributed by atoms with Gasteiger partial charge in [-0.2, -0.15) is 0 Å². The minimum absolute atomic E-state index is 0.206. The zero-order valence-corrected chi connectivity index (χ0v) is 23.0. The van der Waals surface area contributed by atoms with Crippen LogP contribution in [-0.2, 0) is 0 Å². The van der Waals surface area contributed by atoms with Gasteiger partial charge in [0.05, 0.1) is 42.7 Å². The number of nitrogens with one attached hydrogen (secondary N) is 2. The summed E-state index contributed by atoms with van der Waals surface area (Å²) in [6.45, 7) is 1.10. The third-order valence-corrected chi connectivity index (χ3v) is 6.85. The van der Waals surface area contributed by atoms with Gasteiger partial charge in [-0.05, 0) is 55.4 Å². The first kappa shape index (κ1) is 28.7. The van der Waals surface area contributed by atoms with E-state index in [-0.39, 0.29) is 11.8 Å². The Morgan fingerprint density at radius 2 is 0.974 bits per heavy atom. The molecular formula is C28H38N2O8. The third-order valence-electron chi connectivity index (χ3n) is 6.85. The Morgan fingerprint density at radius 1 is 0.632 bits per heavy atom. The van der Waals surface area contributed by atoms with Crippen molar-refractivity contribution in [3.05, 3.63) is 35.4 Å². The van der Waals surface area contributed by atoms with E-state index < -0.39 is 0 Å². The number of carbonyl (C=O) groups is 2. The van der Waals surface area contributed by atoms with E-state index in [9.17, 15) is 9.59 Å². The number of hydrogen-bond donors (Lipinski definition) is 2. The molecule has 2 aromatic carbocycles. The standard InChI is InChI=1S/C28H38N2O8/c1-33-21-11-19(12-22(34-2)25(21)37-5)27(31)29-15-17-8-7-9-18(10-17)16-30-28(32)20-13-23(35-3)26(38-6)24(14-20)36-4/h11-14,17-18H,7-10,15-16H2,1-6H3,(H,29,31)(H,30,32). The van der Waals surface area contributed by atoms with E-state index in [1.165, 1.54) is 42.7 Å². The van der Waals surface area contributed by atoms with Crippen LogP contribution in [0.5, 0.6) is 34.5 Å². The highest BCUT2D eigenvalue weighted by Crippen LogP contribution is 2.39. The maximum atomic E-state index is 12.9. The molecule has 0 heterocycles. The van der Waals surface area contributed by atoms with Gasteiger partial charge in [-0.1, -0.05) is 6.42 Å². The molecule has 0 aromatic heterocycles. The summed E-state index contributed by atoms with van der Waals surface area (Å²) in [6, 6.07) is 6.55. The molecule has 2 N–H and O–H groups in total. The van der Waals surface area contributed by atoms with Gasteiger partial charge in [0.25, 0.3) is 11.8 Å². The molecule has 38 heavy (non-hydrogen) atoms. The van der Waals surface area contributed by atoms with Crippen molar-refractivity contribution in [1.82, 2.24) is 10.6 Å². The van der Waals surface area contributed by atoms with Crippen LogP contribution in [0.3, 0.4) is 0 Å². The molecule has 10 heteroatoms. The SMILES string of the molecule is COc1cc(C(=O)NCC2CCCC(CNC(=O)c3cc(OC)c(OC)c(OC)c3)C2)cc(OC)c1OC. The van der Waals surface area contributed by atoms with Gasteiger partial charge in [-0.25, -0.2) is 0 Å². The minimum atomic E-state index is -0.206. The number of ether oxygens (including phenoxy) is 6. The summed E-state index contributed by atoms with van der Waals surface area (Å²) in [7, 11) is 9.10. The molecule has 10 nitrogen and oxygen atoms in total. The van der Waals surface area contributed by atoms with Crippen LogP contribution in [-0.4, -0.2) is 67.6 Å². The molecule has 0 spiro atoms. The number of hydrogen-bond acceptors (Lipinski definition) is 8. The van der Waals surface area contributed by atoms with Crippen molar-refractivity contribution in [2.75, 3.05) is 55.7 Å². The first-order valence-electron chi connectivity index (χ1n) is 12.5. The highest BCUT2D eigenvalue weighted by atomic mass is 16.5. The number of rotatable bonds is 12. The fraction of sp³-hybridized carbons (Fsp3) is 0.500. The van der Waals surface area contributed by atoms with Crippen molar-refractivity contribution in [3.8, 4) is 34.5 Å². The monoisotopic (exact) mass is 530 g/mol. The smallest absolute Gasteiger partial charge is 0.251 e. The Hall–Kier alpha value is -3.82. The zero-order chi connectivity index (χ0) is 27.7. The van der Waals surface area contributed by atoms with E-state index in [4.69, 9.17) is 28.4 Å². The normalized spacial score (nSPS) is 16.7. The number of benzene rings is 2. The molecule has 0 radical (unpaired) electrons. The maximum Gasteiger partial charge on any atom is 0.251 e. The second-order valence-corrected chi connectivity index (χ2v) is 9.15. The lowest BCUT2D eigenvalue weighted by molar-refractivity contribution is 0.0934. The van der Waals surface area contributed by atoms with Gasteiger partial charge < -0.3 is 39.1 Å². The van der Waals surface area contributed by atoms with Crippen LogP contribution in [0.25, 0.3) is 0 Å². The third kappa shape index (κ3) is 6.73. The number of carbonyl (C=O) groups excluding carboxylic acids is 2. The van der Waals surface area contributed by atoms with Crippen LogP contribution in [0.4, 0.5) is 0 Å². The second kappa shape index (κ2) is 13.6. The molecule has 0 aliphatic heterocycles. The van der Waals surface area contributed by atoms with Crippen LogP contribution in [0.15, 0.2) is 24.3 Å². The molecule has 0 bridgehead atoms. The predicted octanol–water partition coefficient (Wildman–Crippen LogP) is 3.70. The lowest BCUT2D eigenvalue weighted by Gasteiger charge is -2.29. The molecule has 2 aromatic rings. The minimum Gasteiger partial charge on any atom is -0.493 e. The van der Waals surface area contributed by atoms with Gasteiger partial charge in [-0.15, -0.1) is 0 Å². The molecule has 3 rings (SSSR count). The van der Waals surface area contributed by atoms with E-state index in [0.717, 1.165) is 25.7 Å². The topological polar surface area (TPSA) is 114 Å². The average molecular weight is 531 g/mol. The van der Waals surface area contributed by atoms with Crippen LogP contribution < -0.4 is 39.1 Å². The van der Waals surface area contributed by atoms with Crippen molar-refractivity contribution in [2.24, 2.45) is 11.8 Å². The molecule has 1 aliphatic rings. The van der Waals surface area contributed by atoms with Crippen molar-refractivity contribution >= 4 is 11.8 Å². The van der Waals surface area contributed by atoms with Gasteiger partial charge in [0.1, 0.15) is 0 Å². The summed E-state index contributed by atoms with van der Waals surface area (Å²) >= 11 is 0. The van der Waals surface area contributed by atoms with Crippen molar-refractivity contribution < 1.29 is 38.0 Å². The zero-order valence-electron chi connectivity index (χ0n) is 23.0. The fourth-order valence-corrected chi connectivity index (χ4v) is 4.88. The van der Waals surface area contributed by atoms with E-state index in [0.29, 0.717) is 70.5 Å². The molecule has 2 amide bonds. The van der Waals surface area contributed by atoms with Gasteiger partial charge in [0, 0.05) is 24.2 Å². The molecular weight excluding hydrogens is 492 g/mol. The van der Waals surface area contributed by atoms with Crippen LogP contribution >= 0.6 is 0 Å². The van der Waals surface area contributed by atoms with E-state index in [1.54, 1.807) is 24.3 Å². The number of amides is 2. The second-order valence-electron chi connectivity index (χ2n) is 9.15. The molecule has 2 unspecified atom stereocenters. The predicted molar refractivity (Wildman–Crippen MR) is 142 cm³/mol. The first-order valence-corrected chi connectivity index (χ1v) is 12.5. The summed E-state index contributed by atoms with van der Waals surface area (Å²) in [4.78, 5) is 25.8. The van der Waals surface area contributed by atoms with Crippen molar-refractivity contribution in [2.45, 2.75) is 25.7 Å². The van der Waals surface area contributed by atoms with Gasteiger partial charge in [0.2, 0.25) is 11.5 Å². The fourth-order valence-electron chi connectivity index (χ4n) is 4.88. The quantitative estimate of drug-likeness (QED) is 0.427. The van der Waals surface area contributed by atoms with Crippen LogP contribution in [0, 0.1) is 11.8 Å². The van der Waals surface area contributed by atoms with Crippen LogP contribution in [0.2, 0.25) is 0 Å². The molecule has 2 atom stereocenters. The van der Waals surface area contributed by atoms with E-state index in [1.807, 2.05) is 0 Å². The number of methoxy groups -OCH3 is 6. The molecule has 0 saturated heterocycles. The Kier molecular flexibility index (Phi) is 10.3. The van der Waals surface area contributed by atoms with Crippen LogP contribution in [0.1, 0.15) is 46.4 Å². The Labute approximate surface area is 223 Å². The summed E-state index contributed by atoms with van der Waals surface area (Å²) in [5.74, 6) is 2.82. The average Bonchev–Trinajstić information content (AvgIpc) is 2.96. The van der Waals surface area contributed by atoms with Gasteiger partial charge >= 0.3 is 0 Å². The highest BCUT2D eigenvalue weighted by Gasteiger charge is 2.25. The van der Waals surface area contributed by atoms with Gasteiger partial charge in [-0.3, -0.25) is 9.59 Å².